The van der Waals surface area contributed by atoms with Crippen LogP contribution in [0, 0.1) is 5.92 Å². The molecule has 2 atom stereocenters. The maximum Gasteiger partial charge on any atom is 0.251 e. The van der Waals surface area contributed by atoms with Crippen molar-refractivity contribution in [1.82, 2.24) is 15.2 Å². The Balaban J connectivity index is 1.59. The van der Waals surface area contributed by atoms with Gasteiger partial charge in [-0.25, -0.2) is 0 Å². The van der Waals surface area contributed by atoms with Crippen molar-refractivity contribution < 1.29 is 19.0 Å². The van der Waals surface area contributed by atoms with E-state index < -0.39 is 22.9 Å². The number of anilines is 1. The van der Waals surface area contributed by atoms with Crippen LogP contribution in [0.4, 0.5) is 5.69 Å². The molecule has 0 saturated carbocycles. The highest BCUT2D eigenvalue weighted by Gasteiger charge is 2.30. The SMILES string of the molecule is CCn1ccc2c(N3CCCCS3(O)O)cc(C(=O)N[C@@H](Cc3ccccc3)[C@@H](O)CNC(C)(C)CCCC(C)C)cc21. The van der Waals surface area contributed by atoms with Crippen LogP contribution in [-0.2, 0) is 13.0 Å². The van der Waals surface area contributed by atoms with E-state index in [1.165, 1.54) is 6.42 Å². The minimum absolute atomic E-state index is 0.138. The van der Waals surface area contributed by atoms with Crippen molar-refractivity contribution in [2.45, 2.75) is 97.4 Å². The molecule has 1 aromatic heterocycles. The first-order valence-corrected chi connectivity index (χ1v) is 17.5. The third-order valence-corrected chi connectivity index (χ3v) is 10.5. The maximum atomic E-state index is 13.9. The first kappa shape index (κ1) is 33.3. The van der Waals surface area contributed by atoms with Gasteiger partial charge >= 0.3 is 0 Å². The van der Waals surface area contributed by atoms with Gasteiger partial charge in [0.2, 0.25) is 0 Å². The molecule has 4 rings (SSSR count). The first-order valence-electron chi connectivity index (χ1n) is 15.8. The molecule has 0 unspecified atom stereocenters. The Kier molecular flexibility index (Phi) is 11.2. The van der Waals surface area contributed by atoms with Gasteiger partial charge in [-0.2, -0.15) is 0 Å². The van der Waals surface area contributed by atoms with Gasteiger partial charge in [-0.1, -0.05) is 57.0 Å². The zero-order chi connectivity index (χ0) is 31.2. The number of carbonyl (C=O) groups excluding carboxylic acids is 1. The highest BCUT2D eigenvalue weighted by Crippen LogP contribution is 2.51. The number of β-amino-alcohol motifs (C(OH)–C–C–N with tert-alkyl or cyclic N) is 1. The number of aliphatic hydroxyl groups excluding tert-OH is 1. The monoisotopic (exact) mass is 612 g/mol. The second-order valence-corrected chi connectivity index (χ2v) is 15.2. The summed E-state index contributed by atoms with van der Waals surface area (Å²) in [5.41, 5.74) is 2.86. The van der Waals surface area contributed by atoms with E-state index in [0.717, 1.165) is 48.7 Å². The van der Waals surface area contributed by atoms with Gasteiger partial charge in [0.1, 0.15) is 0 Å². The summed E-state index contributed by atoms with van der Waals surface area (Å²) in [6.45, 7) is 12.4. The molecule has 0 aliphatic carbocycles. The van der Waals surface area contributed by atoms with E-state index in [0.29, 0.717) is 42.4 Å². The van der Waals surface area contributed by atoms with Crippen molar-refractivity contribution >= 4 is 33.3 Å². The molecule has 43 heavy (non-hydrogen) atoms. The van der Waals surface area contributed by atoms with Crippen LogP contribution in [0.3, 0.4) is 0 Å². The molecule has 0 spiro atoms. The van der Waals surface area contributed by atoms with Crippen LogP contribution in [0.25, 0.3) is 10.9 Å². The Labute approximate surface area is 259 Å². The molecule has 0 bridgehead atoms. The Morgan fingerprint density at radius 1 is 1.09 bits per heavy atom. The number of hydrogen-bond acceptors (Lipinski definition) is 6. The molecule has 2 aromatic carbocycles. The maximum absolute atomic E-state index is 13.9. The number of nitrogens with zero attached hydrogens (tertiary/aromatic N) is 2. The highest BCUT2D eigenvalue weighted by atomic mass is 32.3. The number of aryl methyl sites for hydroxylation is 1. The van der Waals surface area contributed by atoms with Crippen molar-refractivity contribution in [2.24, 2.45) is 5.92 Å². The summed E-state index contributed by atoms with van der Waals surface area (Å²) in [5.74, 6) is 0.692. The summed E-state index contributed by atoms with van der Waals surface area (Å²) in [6, 6.07) is 15.0. The van der Waals surface area contributed by atoms with E-state index in [1.807, 2.05) is 55.6 Å². The fraction of sp³-hybridized carbons (Fsp3) is 0.559. The van der Waals surface area contributed by atoms with Crippen LogP contribution < -0.4 is 14.9 Å². The number of aromatic nitrogens is 1. The van der Waals surface area contributed by atoms with E-state index in [4.69, 9.17) is 0 Å². The van der Waals surface area contributed by atoms with Crippen LogP contribution >= 0.6 is 10.8 Å². The average molecular weight is 613 g/mol. The number of nitrogens with one attached hydrogen (secondary N) is 2. The van der Waals surface area contributed by atoms with Crippen LogP contribution in [0.1, 0.15) is 82.6 Å². The second-order valence-electron chi connectivity index (χ2n) is 13.1. The molecule has 238 valence electrons. The van der Waals surface area contributed by atoms with Crippen LogP contribution in [0.5, 0.6) is 0 Å². The number of rotatable bonds is 14. The second kappa shape index (κ2) is 14.5. The molecule has 1 saturated heterocycles. The van der Waals surface area contributed by atoms with Gasteiger partial charge in [0, 0.05) is 42.3 Å². The third kappa shape index (κ3) is 8.76. The van der Waals surface area contributed by atoms with Gasteiger partial charge in [0.25, 0.3) is 5.91 Å². The molecular weight excluding hydrogens is 560 g/mol. The quantitative estimate of drug-likeness (QED) is 0.137. The minimum atomic E-state index is -2.97. The lowest BCUT2D eigenvalue weighted by Gasteiger charge is -2.47. The van der Waals surface area contributed by atoms with E-state index >= 15 is 0 Å². The average Bonchev–Trinajstić information content (AvgIpc) is 3.38. The molecule has 3 aromatic rings. The fourth-order valence-corrected chi connectivity index (χ4v) is 7.64. The Morgan fingerprint density at radius 3 is 2.51 bits per heavy atom. The van der Waals surface area contributed by atoms with Gasteiger partial charge in [-0.05, 0) is 76.1 Å². The number of fused-ring (bicyclic) bond motifs is 1. The van der Waals surface area contributed by atoms with Gasteiger partial charge in [-0.15, -0.1) is 10.8 Å². The predicted octanol–water partition coefficient (Wildman–Crippen LogP) is 6.82. The molecular formula is C34H52N4O4S. The van der Waals surface area contributed by atoms with Crippen LogP contribution in [-0.4, -0.2) is 61.2 Å². The lowest BCUT2D eigenvalue weighted by molar-refractivity contribution is 0.0812. The van der Waals surface area contributed by atoms with Gasteiger partial charge < -0.3 is 20.3 Å². The topological polar surface area (TPSA) is 110 Å². The predicted molar refractivity (Wildman–Crippen MR) is 180 cm³/mol. The molecule has 5 N–H and O–H groups in total. The van der Waals surface area contributed by atoms with E-state index in [9.17, 15) is 19.0 Å². The van der Waals surface area contributed by atoms with Crippen molar-refractivity contribution in [1.29, 1.82) is 0 Å². The van der Waals surface area contributed by atoms with E-state index in [-0.39, 0.29) is 11.4 Å². The molecule has 9 heteroatoms. The Morgan fingerprint density at radius 2 is 1.84 bits per heavy atom. The number of aliphatic hydroxyl groups is 1. The molecule has 1 fully saturated rings. The summed E-state index contributed by atoms with van der Waals surface area (Å²) in [6.07, 6.45) is 6.55. The Bertz CT molecular complexity index is 1340. The zero-order valence-corrected chi connectivity index (χ0v) is 27.4. The largest absolute Gasteiger partial charge is 0.390 e. The normalized spacial score (nSPS) is 17.7. The van der Waals surface area contributed by atoms with Crippen molar-refractivity contribution in [2.75, 3.05) is 23.1 Å². The van der Waals surface area contributed by atoms with Gasteiger partial charge in [-0.3, -0.25) is 18.2 Å². The molecule has 1 aliphatic heterocycles. The summed E-state index contributed by atoms with van der Waals surface area (Å²) >= 11 is 0. The number of hydrogen-bond donors (Lipinski definition) is 5. The molecule has 0 radical (unpaired) electrons. The summed E-state index contributed by atoms with van der Waals surface area (Å²) < 4.78 is 25.6. The number of benzene rings is 2. The lowest BCUT2D eigenvalue weighted by atomic mass is 9.93. The zero-order valence-electron chi connectivity index (χ0n) is 26.6. The van der Waals surface area contributed by atoms with Gasteiger partial charge in [0.05, 0.1) is 29.1 Å². The third-order valence-electron chi connectivity index (χ3n) is 8.57. The van der Waals surface area contributed by atoms with Gasteiger partial charge in [0.15, 0.2) is 0 Å². The summed E-state index contributed by atoms with van der Waals surface area (Å²) in [5, 5.41) is 19.0. The highest BCUT2D eigenvalue weighted by molar-refractivity contribution is 8.25. The molecule has 1 amide bonds. The Hall–Kier alpha value is -2.56. The fourth-order valence-electron chi connectivity index (χ4n) is 5.94. The van der Waals surface area contributed by atoms with Crippen LogP contribution in [0.15, 0.2) is 54.7 Å². The number of amides is 1. The summed E-state index contributed by atoms with van der Waals surface area (Å²) in [7, 11) is -2.97. The molecule has 2 heterocycles. The van der Waals surface area contributed by atoms with Crippen molar-refractivity contribution in [3.63, 3.8) is 0 Å². The summed E-state index contributed by atoms with van der Waals surface area (Å²) in [4.78, 5) is 13.9. The number of carbonyl (C=O) groups is 1. The first-order chi connectivity index (χ1) is 20.4. The molecule has 8 nitrogen and oxygen atoms in total. The smallest absolute Gasteiger partial charge is 0.251 e. The van der Waals surface area contributed by atoms with Crippen molar-refractivity contribution in [3.8, 4) is 0 Å². The van der Waals surface area contributed by atoms with E-state index in [2.05, 4.69) is 42.9 Å². The standard InChI is InChI=1S/C34H52N4O4S/c1-6-37-19-16-28-30(37)22-27(23-31(28)38-18-10-11-20-43(38,41)42)33(40)36-29(21-26-14-8-7-9-15-26)32(39)24-35-34(4,5)17-12-13-25(2)3/h7-9,14-16,19,22-23,25,29,32,35,39,41-42H,6,10-13,17-18,20-21,24H2,1-5H3,(H,36,40)/t29-,32-/m0/s1. The minimum Gasteiger partial charge on any atom is -0.390 e. The van der Waals surface area contributed by atoms with Crippen LogP contribution in [0.2, 0.25) is 0 Å². The van der Waals surface area contributed by atoms with Crippen molar-refractivity contribution in [3.05, 3.63) is 65.9 Å². The lowest BCUT2D eigenvalue weighted by Crippen LogP contribution is -2.52. The molecule has 1 aliphatic rings. The van der Waals surface area contributed by atoms with E-state index in [1.54, 1.807) is 10.4 Å².